The van der Waals surface area contributed by atoms with Crippen LogP contribution in [-0.2, 0) is 11.2 Å². The Bertz CT molecular complexity index is 615. The predicted molar refractivity (Wildman–Crippen MR) is 89.9 cm³/mol. The van der Waals surface area contributed by atoms with Crippen LogP contribution in [0.1, 0.15) is 44.2 Å². The summed E-state index contributed by atoms with van der Waals surface area (Å²) in [6.45, 7) is 1.89. The quantitative estimate of drug-likeness (QED) is 0.755. The van der Waals surface area contributed by atoms with Gasteiger partial charge in [0.05, 0.1) is 5.69 Å². The molecule has 122 valence electrons. The summed E-state index contributed by atoms with van der Waals surface area (Å²) in [7, 11) is 0. The average Bonchev–Trinajstić information content (AvgIpc) is 3.09. The van der Waals surface area contributed by atoms with Gasteiger partial charge in [0.2, 0.25) is 11.8 Å². The first kappa shape index (κ1) is 15.8. The van der Waals surface area contributed by atoms with Gasteiger partial charge >= 0.3 is 0 Å². The van der Waals surface area contributed by atoms with Crippen molar-refractivity contribution in [2.24, 2.45) is 0 Å². The average molecular weight is 312 g/mol. The number of rotatable bonds is 6. The first-order valence-corrected chi connectivity index (χ1v) is 8.60. The van der Waals surface area contributed by atoms with E-state index >= 15 is 0 Å². The minimum absolute atomic E-state index is 0.315. The van der Waals surface area contributed by atoms with Crippen LogP contribution in [0.2, 0.25) is 0 Å². The van der Waals surface area contributed by atoms with Gasteiger partial charge in [-0.15, -0.1) is 0 Å². The number of likely N-dealkylation sites (tertiary alicyclic amines) is 1. The minimum atomic E-state index is 0.315. The summed E-state index contributed by atoms with van der Waals surface area (Å²) < 4.78 is 5.54. The van der Waals surface area contributed by atoms with Crippen LogP contribution in [0.15, 0.2) is 41.0 Å². The standard InChI is InChI=1S/C19H24N2O2/c22-18(21-13-7-2-8-14-21)12-6-5-11-17-15-23-19(20-17)16-9-3-1-4-10-16/h1,3-4,9-10,15H,2,5-8,11-14H2. The van der Waals surface area contributed by atoms with Crippen LogP contribution < -0.4 is 0 Å². The molecule has 1 aliphatic rings. The number of benzene rings is 1. The number of hydrogen-bond acceptors (Lipinski definition) is 3. The van der Waals surface area contributed by atoms with Crippen molar-refractivity contribution < 1.29 is 9.21 Å². The Balaban J connectivity index is 1.41. The van der Waals surface area contributed by atoms with E-state index in [1.54, 1.807) is 6.26 Å². The summed E-state index contributed by atoms with van der Waals surface area (Å²) in [5.41, 5.74) is 1.97. The van der Waals surface area contributed by atoms with E-state index in [0.29, 0.717) is 18.2 Å². The molecule has 2 heterocycles. The summed E-state index contributed by atoms with van der Waals surface area (Å²) in [4.78, 5) is 18.6. The zero-order chi connectivity index (χ0) is 15.9. The number of carbonyl (C=O) groups excluding carboxylic acids is 1. The fourth-order valence-corrected chi connectivity index (χ4v) is 3.02. The molecule has 0 radical (unpaired) electrons. The first-order valence-electron chi connectivity index (χ1n) is 8.60. The van der Waals surface area contributed by atoms with Crippen molar-refractivity contribution in [2.45, 2.75) is 44.9 Å². The third-order valence-electron chi connectivity index (χ3n) is 4.35. The highest BCUT2D eigenvalue weighted by Crippen LogP contribution is 2.19. The number of oxazole rings is 1. The zero-order valence-corrected chi connectivity index (χ0v) is 13.5. The molecule has 2 aromatic rings. The van der Waals surface area contributed by atoms with E-state index in [1.807, 2.05) is 35.2 Å². The molecule has 1 aliphatic heterocycles. The molecule has 0 unspecified atom stereocenters. The molecule has 1 fully saturated rings. The van der Waals surface area contributed by atoms with E-state index in [9.17, 15) is 4.79 Å². The molecular weight excluding hydrogens is 288 g/mol. The van der Waals surface area contributed by atoms with E-state index in [2.05, 4.69) is 4.98 Å². The van der Waals surface area contributed by atoms with Gasteiger partial charge < -0.3 is 9.32 Å². The van der Waals surface area contributed by atoms with Crippen molar-refractivity contribution in [3.05, 3.63) is 42.3 Å². The maximum Gasteiger partial charge on any atom is 0.226 e. The van der Waals surface area contributed by atoms with Gasteiger partial charge in [-0.25, -0.2) is 4.98 Å². The Morgan fingerprint density at radius 3 is 2.65 bits per heavy atom. The van der Waals surface area contributed by atoms with Crippen molar-refractivity contribution >= 4 is 5.91 Å². The van der Waals surface area contributed by atoms with Gasteiger partial charge in [0.15, 0.2) is 0 Å². The lowest BCUT2D eigenvalue weighted by Gasteiger charge is -2.26. The van der Waals surface area contributed by atoms with E-state index < -0.39 is 0 Å². The molecule has 1 amide bonds. The number of amides is 1. The van der Waals surface area contributed by atoms with Crippen LogP contribution in [0.3, 0.4) is 0 Å². The highest BCUT2D eigenvalue weighted by Gasteiger charge is 2.15. The summed E-state index contributed by atoms with van der Waals surface area (Å²) in [6.07, 6.45) is 8.73. The van der Waals surface area contributed by atoms with Gasteiger partial charge in [-0.2, -0.15) is 0 Å². The van der Waals surface area contributed by atoms with Crippen molar-refractivity contribution in [2.75, 3.05) is 13.1 Å². The van der Waals surface area contributed by atoms with E-state index in [0.717, 1.165) is 56.5 Å². The normalized spacial score (nSPS) is 14.9. The third kappa shape index (κ3) is 4.44. The van der Waals surface area contributed by atoms with Crippen molar-refractivity contribution in [1.29, 1.82) is 0 Å². The Kier molecular flexibility index (Phi) is 5.46. The van der Waals surface area contributed by atoms with E-state index in [1.165, 1.54) is 6.42 Å². The summed E-state index contributed by atoms with van der Waals surface area (Å²) >= 11 is 0. The highest BCUT2D eigenvalue weighted by molar-refractivity contribution is 5.76. The molecule has 1 aromatic heterocycles. The Hall–Kier alpha value is -2.10. The van der Waals surface area contributed by atoms with Crippen molar-refractivity contribution in [3.63, 3.8) is 0 Å². The van der Waals surface area contributed by atoms with Gasteiger partial charge in [0, 0.05) is 25.1 Å². The first-order chi connectivity index (χ1) is 11.3. The minimum Gasteiger partial charge on any atom is -0.444 e. The smallest absolute Gasteiger partial charge is 0.226 e. The van der Waals surface area contributed by atoms with Crippen LogP contribution in [0, 0.1) is 0 Å². The van der Waals surface area contributed by atoms with Gasteiger partial charge in [-0.05, 0) is 50.7 Å². The second-order valence-electron chi connectivity index (χ2n) is 6.16. The second kappa shape index (κ2) is 7.95. The van der Waals surface area contributed by atoms with Crippen LogP contribution in [0.4, 0.5) is 0 Å². The Morgan fingerprint density at radius 2 is 1.87 bits per heavy atom. The van der Waals surface area contributed by atoms with Crippen LogP contribution in [0.5, 0.6) is 0 Å². The van der Waals surface area contributed by atoms with Crippen LogP contribution >= 0.6 is 0 Å². The van der Waals surface area contributed by atoms with Crippen molar-refractivity contribution in [3.8, 4) is 11.5 Å². The van der Waals surface area contributed by atoms with Gasteiger partial charge in [-0.3, -0.25) is 4.79 Å². The molecule has 0 atom stereocenters. The molecule has 1 saturated heterocycles. The molecule has 0 aliphatic carbocycles. The number of piperidine rings is 1. The number of hydrogen-bond donors (Lipinski definition) is 0. The topological polar surface area (TPSA) is 46.3 Å². The molecule has 0 saturated carbocycles. The molecular formula is C19H24N2O2. The number of nitrogens with zero attached hydrogens (tertiary/aromatic N) is 2. The molecule has 1 aromatic carbocycles. The van der Waals surface area contributed by atoms with Crippen LogP contribution in [0.25, 0.3) is 11.5 Å². The Labute approximate surface area is 137 Å². The zero-order valence-electron chi connectivity index (χ0n) is 13.5. The number of aromatic nitrogens is 1. The second-order valence-corrected chi connectivity index (χ2v) is 6.16. The molecule has 4 heteroatoms. The maximum atomic E-state index is 12.1. The summed E-state index contributed by atoms with van der Waals surface area (Å²) in [5, 5.41) is 0. The molecule has 0 spiro atoms. The number of unbranched alkanes of at least 4 members (excludes halogenated alkanes) is 1. The SMILES string of the molecule is O=C(CCCCc1coc(-c2ccccc2)n1)N1CCCCC1. The fourth-order valence-electron chi connectivity index (χ4n) is 3.02. The van der Waals surface area contributed by atoms with Crippen LogP contribution in [-0.4, -0.2) is 28.9 Å². The lowest BCUT2D eigenvalue weighted by atomic mass is 10.1. The van der Waals surface area contributed by atoms with Crippen molar-refractivity contribution in [1.82, 2.24) is 9.88 Å². The predicted octanol–water partition coefficient (Wildman–Crippen LogP) is 4.07. The van der Waals surface area contributed by atoms with Gasteiger partial charge in [0.25, 0.3) is 0 Å². The lowest BCUT2D eigenvalue weighted by molar-refractivity contribution is -0.132. The van der Waals surface area contributed by atoms with E-state index in [-0.39, 0.29) is 0 Å². The van der Waals surface area contributed by atoms with Gasteiger partial charge in [0.1, 0.15) is 6.26 Å². The highest BCUT2D eigenvalue weighted by atomic mass is 16.3. The molecule has 3 rings (SSSR count). The third-order valence-corrected chi connectivity index (χ3v) is 4.35. The number of carbonyl (C=O) groups is 1. The number of aryl methyl sites for hydroxylation is 1. The monoisotopic (exact) mass is 312 g/mol. The Morgan fingerprint density at radius 1 is 1.09 bits per heavy atom. The molecule has 23 heavy (non-hydrogen) atoms. The fraction of sp³-hybridized carbons (Fsp3) is 0.474. The molecule has 0 bridgehead atoms. The van der Waals surface area contributed by atoms with Gasteiger partial charge in [-0.1, -0.05) is 18.2 Å². The summed E-state index contributed by atoms with van der Waals surface area (Å²) in [5.74, 6) is 0.986. The lowest BCUT2D eigenvalue weighted by Crippen LogP contribution is -2.35. The largest absolute Gasteiger partial charge is 0.444 e. The summed E-state index contributed by atoms with van der Waals surface area (Å²) in [6, 6.07) is 9.92. The molecule has 4 nitrogen and oxygen atoms in total. The maximum absolute atomic E-state index is 12.1. The molecule has 0 N–H and O–H groups in total. The van der Waals surface area contributed by atoms with E-state index in [4.69, 9.17) is 4.42 Å².